The predicted molar refractivity (Wildman–Crippen MR) is 134 cm³/mol. The smallest absolute Gasteiger partial charge is 0.193 e. The number of phenolic OH excluding ortho intramolecular Hbond substituents is 2. The first-order chi connectivity index (χ1) is 15.5. The number of carbonyl (C=O) groups excluding carboxylic acids is 1. The standard InChI is InChI=1S/C29H42O3/c1-5-9-13-21-17-25(18-22(27(21)30)14-10-6-2)29(32)26-19-23(15-11-7-3)28(31)24(20-26)16-12-8-4/h17-20,30-31H,5-16H2,1-4H3. The van der Waals surface area contributed by atoms with Gasteiger partial charge in [0.2, 0.25) is 0 Å². The molecule has 0 bridgehead atoms. The Balaban J connectivity index is 2.51. The Labute approximate surface area is 194 Å². The van der Waals surface area contributed by atoms with Gasteiger partial charge in [0, 0.05) is 11.1 Å². The third-order valence-electron chi connectivity index (χ3n) is 6.26. The average Bonchev–Trinajstić information content (AvgIpc) is 2.80. The van der Waals surface area contributed by atoms with Crippen LogP contribution in [0.1, 0.15) is 117 Å². The van der Waals surface area contributed by atoms with Crippen molar-refractivity contribution in [1.82, 2.24) is 0 Å². The molecule has 0 unspecified atom stereocenters. The van der Waals surface area contributed by atoms with Crippen LogP contribution in [0.25, 0.3) is 0 Å². The summed E-state index contributed by atoms with van der Waals surface area (Å²) in [6, 6.07) is 7.53. The van der Waals surface area contributed by atoms with Crippen molar-refractivity contribution >= 4 is 5.78 Å². The van der Waals surface area contributed by atoms with Crippen molar-refractivity contribution in [3.63, 3.8) is 0 Å². The number of ketones is 1. The molecule has 0 radical (unpaired) electrons. The van der Waals surface area contributed by atoms with E-state index in [1.54, 1.807) is 0 Å². The number of rotatable bonds is 14. The summed E-state index contributed by atoms with van der Waals surface area (Å²) < 4.78 is 0. The van der Waals surface area contributed by atoms with E-state index in [1.807, 2.05) is 24.3 Å². The monoisotopic (exact) mass is 438 g/mol. The first-order valence-corrected chi connectivity index (χ1v) is 12.7. The van der Waals surface area contributed by atoms with Crippen molar-refractivity contribution in [2.24, 2.45) is 0 Å². The van der Waals surface area contributed by atoms with Crippen molar-refractivity contribution in [1.29, 1.82) is 0 Å². The minimum Gasteiger partial charge on any atom is -0.507 e. The number of aryl methyl sites for hydroxylation is 4. The van der Waals surface area contributed by atoms with Crippen molar-refractivity contribution in [3.8, 4) is 11.5 Å². The lowest BCUT2D eigenvalue weighted by molar-refractivity contribution is 0.103. The van der Waals surface area contributed by atoms with Crippen LogP contribution < -0.4 is 0 Å². The van der Waals surface area contributed by atoms with Crippen LogP contribution in [0.4, 0.5) is 0 Å². The van der Waals surface area contributed by atoms with Gasteiger partial charge in [-0.25, -0.2) is 0 Å². The van der Waals surface area contributed by atoms with Crippen molar-refractivity contribution in [3.05, 3.63) is 57.6 Å². The highest BCUT2D eigenvalue weighted by Crippen LogP contribution is 2.32. The normalized spacial score (nSPS) is 11.1. The van der Waals surface area contributed by atoms with E-state index >= 15 is 0 Å². The van der Waals surface area contributed by atoms with E-state index in [-0.39, 0.29) is 5.78 Å². The van der Waals surface area contributed by atoms with Gasteiger partial charge in [-0.15, -0.1) is 0 Å². The van der Waals surface area contributed by atoms with Gasteiger partial charge in [0.25, 0.3) is 0 Å². The molecule has 0 saturated carbocycles. The van der Waals surface area contributed by atoms with E-state index < -0.39 is 0 Å². The summed E-state index contributed by atoms with van der Waals surface area (Å²) >= 11 is 0. The third-order valence-corrected chi connectivity index (χ3v) is 6.26. The van der Waals surface area contributed by atoms with Crippen LogP contribution in [-0.2, 0) is 25.7 Å². The fourth-order valence-electron chi connectivity index (χ4n) is 4.18. The second kappa shape index (κ2) is 13.3. The second-order valence-corrected chi connectivity index (χ2v) is 9.03. The maximum atomic E-state index is 13.6. The minimum atomic E-state index is -0.0176. The van der Waals surface area contributed by atoms with Crippen molar-refractivity contribution in [2.75, 3.05) is 0 Å². The zero-order valence-electron chi connectivity index (χ0n) is 20.6. The fraction of sp³-hybridized carbons (Fsp3) is 0.552. The summed E-state index contributed by atoms with van der Waals surface area (Å²) in [4.78, 5) is 13.6. The van der Waals surface area contributed by atoms with Crippen LogP contribution in [0.15, 0.2) is 24.3 Å². The van der Waals surface area contributed by atoms with Gasteiger partial charge in [0.05, 0.1) is 0 Å². The predicted octanol–water partition coefficient (Wildman–Crippen LogP) is 7.70. The molecule has 3 nitrogen and oxygen atoms in total. The second-order valence-electron chi connectivity index (χ2n) is 9.03. The highest BCUT2D eigenvalue weighted by Gasteiger charge is 2.19. The average molecular weight is 439 g/mol. The summed E-state index contributed by atoms with van der Waals surface area (Å²) in [5.41, 5.74) is 4.79. The zero-order chi connectivity index (χ0) is 23.5. The Hall–Kier alpha value is -2.29. The number of phenols is 2. The maximum absolute atomic E-state index is 13.6. The summed E-state index contributed by atoms with van der Waals surface area (Å²) in [6.07, 6.45) is 11.2. The lowest BCUT2D eigenvalue weighted by atomic mass is 9.90. The Bertz CT molecular complexity index is 752. The lowest BCUT2D eigenvalue weighted by Gasteiger charge is -2.15. The minimum absolute atomic E-state index is 0.0176. The maximum Gasteiger partial charge on any atom is 0.193 e. The molecular formula is C29H42O3. The fourth-order valence-corrected chi connectivity index (χ4v) is 4.18. The van der Waals surface area contributed by atoms with E-state index in [9.17, 15) is 15.0 Å². The molecule has 0 atom stereocenters. The Morgan fingerprint density at radius 1 is 0.562 bits per heavy atom. The molecule has 2 aromatic rings. The van der Waals surface area contributed by atoms with Gasteiger partial charge in [-0.3, -0.25) is 4.79 Å². The summed E-state index contributed by atoms with van der Waals surface area (Å²) in [5.74, 6) is 0.707. The molecule has 2 aromatic carbocycles. The Morgan fingerprint density at radius 3 is 1.03 bits per heavy atom. The molecule has 2 N–H and O–H groups in total. The van der Waals surface area contributed by atoms with Crippen LogP contribution in [0.3, 0.4) is 0 Å². The number of benzene rings is 2. The number of hydrogen-bond acceptors (Lipinski definition) is 3. The van der Waals surface area contributed by atoms with E-state index in [4.69, 9.17) is 0 Å². The number of aromatic hydroxyl groups is 2. The molecule has 0 aromatic heterocycles. The summed E-state index contributed by atoms with van der Waals surface area (Å²) in [5, 5.41) is 21.6. The van der Waals surface area contributed by atoms with E-state index in [2.05, 4.69) is 27.7 Å². The molecule has 2 rings (SSSR count). The largest absolute Gasteiger partial charge is 0.507 e. The summed E-state index contributed by atoms with van der Waals surface area (Å²) in [6.45, 7) is 8.54. The molecule has 0 aliphatic rings. The molecule has 0 fully saturated rings. The molecule has 0 spiro atoms. The van der Waals surface area contributed by atoms with Gasteiger partial charge in [0.1, 0.15) is 11.5 Å². The first kappa shape index (κ1) is 26.0. The zero-order valence-corrected chi connectivity index (χ0v) is 20.6. The highest BCUT2D eigenvalue weighted by atomic mass is 16.3. The molecule has 0 heterocycles. The molecule has 0 aliphatic carbocycles. The van der Waals surface area contributed by atoms with Crippen LogP contribution >= 0.6 is 0 Å². The van der Waals surface area contributed by atoms with Gasteiger partial charge < -0.3 is 10.2 Å². The number of carbonyl (C=O) groups is 1. The van der Waals surface area contributed by atoms with Gasteiger partial charge in [-0.2, -0.15) is 0 Å². The van der Waals surface area contributed by atoms with Gasteiger partial charge in [0.15, 0.2) is 5.78 Å². The number of unbranched alkanes of at least 4 members (excludes halogenated alkanes) is 4. The Kier molecular flexibility index (Phi) is 10.8. The van der Waals surface area contributed by atoms with Gasteiger partial charge in [-0.05, 0) is 97.9 Å². The van der Waals surface area contributed by atoms with Crippen LogP contribution in [-0.4, -0.2) is 16.0 Å². The van der Waals surface area contributed by atoms with Crippen molar-refractivity contribution < 1.29 is 15.0 Å². The SMILES string of the molecule is CCCCc1cc(C(=O)c2cc(CCCC)c(O)c(CCCC)c2)cc(CCCC)c1O. The van der Waals surface area contributed by atoms with Gasteiger partial charge >= 0.3 is 0 Å². The first-order valence-electron chi connectivity index (χ1n) is 12.7. The topological polar surface area (TPSA) is 57.5 Å². The van der Waals surface area contributed by atoms with E-state index in [1.165, 1.54) is 0 Å². The Morgan fingerprint density at radius 2 is 0.812 bits per heavy atom. The third kappa shape index (κ3) is 6.85. The van der Waals surface area contributed by atoms with Crippen molar-refractivity contribution in [2.45, 2.75) is 105 Å². The highest BCUT2D eigenvalue weighted by molar-refractivity contribution is 6.09. The molecule has 176 valence electrons. The van der Waals surface area contributed by atoms with Crippen LogP contribution in [0.5, 0.6) is 11.5 Å². The van der Waals surface area contributed by atoms with Gasteiger partial charge in [-0.1, -0.05) is 53.4 Å². The van der Waals surface area contributed by atoms with E-state index in [0.29, 0.717) is 22.6 Å². The molecular weight excluding hydrogens is 396 g/mol. The number of hydrogen-bond donors (Lipinski definition) is 2. The summed E-state index contributed by atoms with van der Waals surface area (Å²) in [7, 11) is 0. The quantitative estimate of drug-likeness (QED) is 0.297. The van der Waals surface area contributed by atoms with Crippen LogP contribution in [0, 0.1) is 0 Å². The lowest BCUT2D eigenvalue weighted by Crippen LogP contribution is -2.07. The molecule has 0 aliphatic heterocycles. The molecule has 3 heteroatoms. The molecule has 32 heavy (non-hydrogen) atoms. The van der Waals surface area contributed by atoms with E-state index in [0.717, 1.165) is 99.3 Å². The molecule has 0 saturated heterocycles. The molecule has 0 amide bonds. The van der Waals surface area contributed by atoms with Crippen LogP contribution in [0.2, 0.25) is 0 Å².